The molecule has 0 radical (unpaired) electrons. The van der Waals surface area contributed by atoms with Crippen molar-refractivity contribution in [3.8, 4) is 0 Å². The summed E-state index contributed by atoms with van der Waals surface area (Å²) >= 11 is 24.1. The summed E-state index contributed by atoms with van der Waals surface area (Å²) in [5.74, 6) is 0.342. The van der Waals surface area contributed by atoms with Gasteiger partial charge < -0.3 is 9.80 Å². The van der Waals surface area contributed by atoms with Crippen LogP contribution in [0.4, 0.5) is 0 Å². The Morgan fingerprint density at radius 1 is 0.560 bits per heavy atom. The van der Waals surface area contributed by atoms with E-state index < -0.39 is 0 Å². The van der Waals surface area contributed by atoms with Crippen molar-refractivity contribution in [1.29, 1.82) is 0 Å². The highest BCUT2D eigenvalue weighted by atomic mass is 35.5. The van der Waals surface area contributed by atoms with Gasteiger partial charge in [0.25, 0.3) is 0 Å². The van der Waals surface area contributed by atoms with Crippen LogP contribution >= 0.6 is 71.2 Å². The second-order valence-corrected chi connectivity index (χ2v) is 15.8. The van der Waals surface area contributed by atoms with Crippen molar-refractivity contribution in [1.82, 2.24) is 19.6 Å². The molecule has 2 aliphatic heterocycles. The molecule has 2 heterocycles. The largest absolute Gasteiger partial charge is 0.341 e. The van der Waals surface area contributed by atoms with Crippen molar-refractivity contribution in [3.05, 3.63) is 67.6 Å². The standard InChI is InChI=1S/2C19H26Cl2N2O.2ClH/c2*1-22(19(24)13-14-8-9-15(20)16(21)12-14)17-6-2-3-7-18(17)23-10-4-5-11-23;;/h2*8-9,12,17-18H,2-7,10-11,13H2,1H3;2*1H/t2*17-,18-;;/m10../s1. The molecule has 0 aromatic heterocycles. The number of carbonyl (C=O) groups excluding carboxylic acids is 2. The maximum Gasteiger partial charge on any atom is 0.227 e. The summed E-state index contributed by atoms with van der Waals surface area (Å²) in [4.78, 5) is 34.8. The molecule has 2 amide bonds. The molecule has 2 aliphatic carbocycles. The number of rotatable bonds is 8. The molecule has 2 saturated heterocycles. The molecule has 4 aliphatic rings. The van der Waals surface area contributed by atoms with Crippen molar-refractivity contribution in [3.63, 3.8) is 0 Å². The van der Waals surface area contributed by atoms with Gasteiger partial charge in [0.05, 0.1) is 32.9 Å². The minimum atomic E-state index is 0. The van der Waals surface area contributed by atoms with Gasteiger partial charge in [-0.25, -0.2) is 0 Å². The Labute approximate surface area is 332 Å². The molecular formula is C38H54Cl6N4O2. The maximum atomic E-state index is 12.8. The van der Waals surface area contributed by atoms with E-state index in [1.54, 1.807) is 24.3 Å². The van der Waals surface area contributed by atoms with E-state index in [4.69, 9.17) is 46.4 Å². The van der Waals surface area contributed by atoms with Gasteiger partial charge in [-0.1, -0.05) is 84.2 Å². The van der Waals surface area contributed by atoms with Crippen LogP contribution in [0, 0.1) is 0 Å². The molecule has 2 aromatic rings. The van der Waals surface area contributed by atoms with E-state index in [-0.39, 0.29) is 36.6 Å². The summed E-state index contributed by atoms with van der Waals surface area (Å²) in [5.41, 5.74) is 1.85. The smallest absolute Gasteiger partial charge is 0.227 e. The maximum absolute atomic E-state index is 12.8. The molecule has 6 rings (SSSR count). The predicted octanol–water partition coefficient (Wildman–Crippen LogP) is 9.65. The van der Waals surface area contributed by atoms with Gasteiger partial charge in [0, 0.05) is 38.3 Å². The summed E-state index contributed by atoms with van der Waals surface area (Å²) in [7, 11) is 3.94. The molecule has 0 unspecified atom stereocenters. The normalized spacial score (nSPS) is 24.0. The van der Waals surface area contributed by atoms with E-state index in [2.05, 4.69) is 9.80 Å². The highest BCUT2D eigenvalue weighted by Crippen LogP contribution is 2.31. The van der Waals surface area contributed by atoms with Crippen LogP contribution in [0.3, 0.4) is 0 Å². The third-order valence-corrected chi connectivity index (χ3v) is 12.5. The third kappa shape index (κ3) is 11.5. The number of halogens is 6. The van der Waals surface area contributed by atoms with E-state index in [1.807, 2.05) is 36.0 Å². The number of benzene rings is 2. The van der Waals surface area contributed by atoms with Crippen LogP contribution in [0.2, 0.25) is 20.1 Å². The Bertz CT molecular complexity index is 1280. The van der Waals surface area contributed by atoms with Crippen LogP contribution in [-0.2, 0) is 22.4 Å². The first kappa shape index (κ1) is 43.4. The van der Waals surface area contributed by atoms with Crippen molar-refractivity contribution >= 4 is 83.0 Å². The van der Waals surface area contributed by atoms with Crippen molar-refractivity contribution in [2.75, 3.05) is 40.3 Å². The van der Waals surface area contributed by atoms with E-state index in [1.165, 1.54) is 90.4 Å². The fraction of sp³-hybridized carbons (Fsp3) is 0.632. The number of nitrogens with zero attached hydrogens (tertiary/aromatic N) is 4. The van der Waals surface area contributed by atoms with Gasteiger partial charge in [0.1, 0.15) is 0 Å². The lowest BCUT2D eigenvalue weighted by Crippen LogP contribution is -2.53. The summed E-state index contributed by atoms with van der Waals surface area (Å²) in [6, 6.07) is 12.6. The molecule has 6 nitrogen and oxygen atoms in total. The molecule has 0 N–H and O–H groups in total. The zero-order valence-electron chi connectivity index (χ0n) is 29.4. The number of hydrogen-bond acceptors (Lipinski definition) is 4. The molecule has 12 heteroatoms. The second-order valence-electron chi connectivity index (χ2n) is 14.2. The van der Waals surface area contributed by atoms with Crippen LogP contribution in [0.25, 0.3) is 0 Å². The summed E-state index contributed by atoms with van der Waals surface area (Å²) in [5, 5.41) is 2.08. The monoisotopic (exact) mass is 808 g/mol. The number of likely N-dealkylation sites (tertiary alicyclic amines) is 2. The van der Waals surface area contributed by atoms with Gasteiger partial charge in [0.2, 0.25) is 11.8 Å². The van der Waals surface area contributed by atoms with Crippen LogP contribution < -0.4 is 0 Å². The number of hydrogen-bond donors (Lipinski definition) is 0. The lowest BCUT2D eigenvalue weighted by Gasteiger charge is -2.42. The van der Waals surface area contributed by atoms with E-state index in [0.717, 1.165) is 24.0 Å². The molecule has 0 bridgehead atoms. The number of carbonyl (C=O) groups is 2. The molecule has 2 saturated carbocycles. The first-order valence-electron chi connectivity index (χ1n) is 18.0. The third-order valence-electron chi connectivity index (χ3n) is 11.1. The number of amides is 2. The molecule has 2 aromatic carbocycles. The summed E-state index contributed by atoms with van der Waals surface area (Å²) < 4.78 is 0. The topological polar surface area (TPSA) is 47.1 Å². The van der Waals surface area contributed by atoms with Crippen LogP contribution in [0.15, 0.2) is 36.4 Å². The van der Waals surface area contributed by atoms with Crippen molar-refractivity contribution < 1.29 is 9.59 Å². The van der Waals surface area contributed by atoms with Gasteiger partial charge >= 0.3 is 0 Å². The predicted molar refractivity (Wildman–Crippen MR) is 214 cm³/mol. The van der Waals surface area contributed by atoms with Crippen LogP contribution in [-0.4, -0.2) is 95.9 Å². The van der Waals surface area contributed by atoms with E-state index in [0.29, 0.717) is 57.1 Å². The average Bonchev–Trinajstić information content (AvgIpc) is 3.84. The first-order valence-corrected chi connectivity index (χ1v) is 19.5. The Hall–Kier alpha value is -0.960. The highest BCUT2D eigenvalue weighted by molar-refractivity contribution is 6.42. The molecule has 0 spiro atoms. The Morgan fingerprint density at radius 3 is 1.24 bits per heavy atom. The van der Waals surface area contributed by atoms with E-state index >= 15 is 0 Å². The quantitative estimate of drug-likeness (QED) is 0.267. The van der Waals surface area contributed by atoms with Gasteiger partial charge in [-0.2, -0.15) is 0 Å². The van der Waals surface area contributed by atoms with Gasteiger partial charge in [-0.3, -0.25) is 19.4 Å². The lowest BCUT2D eigenvalue weighted by atomic mass is 9.88. The SMILES string of the molecule is CN(C(=O)Cc1ccc(Cl)c(Cl)c1)[C@@H]1CCCC[C@H]1N1CCCC1.CN(C(=O)Cc1ccc(Cl)c(Cl)c1)[C@H]1CCCC[C@@H]1N1CCCC1.Cl.Cl. The summed E-state index contributed by atoms with van der Waals surface area (Å²) in [6.07, 6.45) is 15.6. The van der Waals surface area contributed by atoms with Gasteiger partial charge in [-0.05, 0) is 113 Å². The molecular weight excluding hydrogens is 757 g/mol. The second kappa shape index (κ2) is 21.1. The zero-order valence-corrected chi connectivity index (χ0v) is 34.1. The Morgan fingerprint density at radius 2 is 0.900 bits per heavy atom. The van der Waals surface area contributed by atoms with Crippen molar-refractivity contribution in [2.24, 2.45) is 0 Å². The van der Waals surface area contributed by atoms with E-state index in [9.17, 15) is 9.59 Å². The minimum absolute atomic E-state index is 0. The number of likely N-dealkylation sites (N-methyl/N-ethyl adjacent to an activating group) is 2. The van der Waals surface area contributed by atoms with Crippen LogP contribution in [0.1, 0.15) is 88.2 Å². The molecule has 4 fully saturated rings. The highest BCUT2D eigenvalue weighted by Gasteiger charge is 2.36. The Kier molecular flexibility index (Phi) is 18.3. The first-order chi connectivity index (χ1) is 23.1. The average molecular weight is 812 g/mol. The van der Waals surface area contributed by atoms with Crippen LogP contribution in [0.5, 0.6) is 0 Å². The zero-order chi connectivity index (χ0) is 34.2. The lowest BCUT2D eigenvalue weighted by molar-refractivity contribution is -0.134. The summed E-state index contributed by atoms with van der Waals surface area (Å²) in [6.45, 7) is 4.76. The van der Waals surface area contributed by atoms with Gasteiger partial charge in [-0.15, -0.1) is 24.8 Å². The molecule has 50 heavy (non-hydrogen) atoms. The van der Waals surface area contributed by atoms with Gasteiger partial charge in [0.15, 0.2) is 0 Å². The molecule has 4 atom stereocenters. The Balaban J connectivity index is 0.000000260. The van der Waals surface area contributed by atoms with Crippen molar-refractivity contribution in [2.45, 2.75) is 114 Å². The minimum Gasteiger partial charge on any atom is -0.341 e. The fourth-order valence-corrected chi connectivity index (χ4v) is 8.99. The molecule has 280 valence electrons. The fourth-order valence-electron chi connectivity index (χ4n) is 8.35.